The summed E-state index contributed by atoms with van der Waals surface area (Å²) in [7, 11) is 0. The predicted molar refractivity (Wildman–Crippen MR) is 58.5 cm³/mol. The normalized spacial score (nSPS) is 8.31. The Morgan fingerprint density at radius 3 is 2.54 bits per heavy atom. The first-order valence-corrected chi connectivity index (χ1v) is 4.55. The highest BCUT2D eigenvalue weighted by Gasteiger charge is 1.96. The number of aldehydes is 1. The van der Waals surface area contributed by atoms with Crippen LogP contribution in [0.5, 0.6) is 0 Å². The Labute approximate surface area is 87.3 Å². The SMILES string of the molecule is C#C.Cc1cc(Br)ccc1CC=O. The van der Waals surface area contributed by atoms with Gasteiger partial charge in [0.05, 0.1) is 0 Å². The summed E-state index contributed by atoms with van der Waals surface area (Å²) in [6.45, 7) is 2.00. The molecule has 68 valence electrons. The molecule has 0 aliphatic heterocycles. The van der Waals surface area contributed by atoms with Gasteiger partial charge in [0.25, 0.3) is 0 Å². The minimum atomic E-state index is 0.513. The summed E-state index contributed by atoms with van der Waals surface area (Å²) in [5, 5.41) is 0. The van der Waals surface area contributed by atoms with Crippen LogP contribution < -0.4 is 0 Å². The van der Waals surface area contributed by atoms with E-state index in [1.54, 1.807) is 0 Å². The molecule has 0 fully saturated rings. The summed E-state index contributed by atoms with van der Waals surface area (Å²) in [4.78, 5) is 10.2. The number of terminal acetylenes is 1. The number of hydrogen-bond donors (Lipinski definition) is 0. The van der Waals surface area contributed by atoms with Gasteiger partial charge in [-0.2, -0.15) is 0 Å². The third kappa shape index (κ3) is 3.91. The molecule has 0 radical (unpaired) electrons. The average Bonchev–Trinajstić information content (AvgIpc) is 2.14. The topological polar surface area (TPSA) is 17.1 Å². The van der Waals surface area contributed by atoms with Crippen LogP contribution in [-0.4, -0.2) is 6.29 Å². The number of carbonyl (C=O) groups excluding carboxylic acids is 1. The maximum Gasteiger partial charge on any atom is 0.124 e. The number of benzene rings is 1. The molecule has 0 heterocycles. The van der Waals surface area contributed by atoms with Crippen molar-refractivity contribution in [3.8, 4) is 12.8 Å². The number of rotatable bonds is 2. The Morgan fingerprint density at radius 1 is 1.46 bits per heavy atom. The minimum Gasteiger partial charge on any atom is -0.303 e. The van der Waals surface area contributed by atoms with Gasteiger partial charge in [-0.05, 0) is 30.2 Å². The maximum absolute atomic E-state index is 10.2. The number of carbonyl (C=O) groups is 1. The van der Waals surface area contributed by atoms with E-state index in [0.29, 0.717) is 6.42 Å². The van der Waals surface area contributed by atoms with Crippen molar-refractivity contribution in [1.82, 2.24) is 0 Å². The van der Waals surface area contributed by atoms with E-state index in [2.05, 4.69) is 28.8 Å². The van der Waals surface area contributed by atoms with E-state index in [0.717, 1.165) is 21.9 Å². The van der Waals surface area contributed by atoms with Crippen LogP contribution in [0.4, 0.5) is 0 Å². The minimum absolute atomic E-state index is 0.513. The van der Waals surface area contributed by atoms with Crippen molar-refractivity contribution >= 4 is 22.2 Å². The van der Waals surface area contributed by atoms with Gasteiger partial charge in [-0.1, -0.05) is 22.0 Å². The predicted octanol–water partition coefficient (Wildman–Crippen LogP) is 2.75. The van der Waals surface area contributed by atoms with Crippen molar-refractivity contribution in [3.63, 3.8) is 0 Å². The smallest absolute Gasteiger partial charge is 0.124 e. The molecule has 0 spiro atoms. The lowest BCUT2D eigenvalue weighted by Gasteiger charge is -2.00. The van der Waals surface area contributed by atoms with Crippen LogP contribution in [0.2, 0.25) is 0 Å². The first-order chi connectivity index (χ1) is 6.24. The Hall–Kier alpha value is -1.07. The molecule has 1 nitrogen and oxygen atoms in total. The van der Waals surface area contributed by atoms with Crippen LogP contribution in [-0.2, 0) is 11.2 Å². The molecule has 0 bridgehead atoms. The van der Waals surface area contributed by atoms with Crippen LogP contribution in [0, 0.1) is 19.8 Å². The van der Waals surface area contributed by atoms with Crippen molar-refractivity contribution in [2.45, 2.75) is 13.3 Å². The first kappa shape index (κ1) is 11.9. The van der Waals surface area contributed by atoms with E-state index in [9.17, 15) is 4.79 Å². The Morgan fingerprint density at radius 2 is 2.08 bits per heavy atom. The summed E-state index contributed by atoms with van der Waals surface area (Å²) in [5.74, 6) is 0. The third-order valence-corrected chi connectivity index (χ3v) is 2.10. The van der Waals surface area contributed by atoms with Crippen LogP contribution >= 0.6 is 15.9 Å². The van der Waals surface area contributed by atoms with Crippen molar-refractivity contribution in [2.24, 2.45) is 0 Å². The first-order valence-electron chi connectivity index (χ1n) is 3.76. The molecule has 0 atom stereocenters. The summed E-state index contributed by atoms with van der Waals surface area (Å²) in [6.07, 6.45) is 9.44. The highest BCUT2D eigenvalue weighted by atomic mass is 79.9. The summed E-state index contributed by atoms with van der Waals surface area (Å²) < 4.78 is 1.06. The number of hydrogen-bond acceptors (Lipinski definition) is 1. The average molecular weight is 239 g/mol. The molecule has 1 aromatic rings. The molecule has 1 rings (SSSR count). The summed E-state index contributed by atoms with van der Waals surface area (Å²) in [5.41, 5.74) is 2.26. The van der Waals surface area contributed by atoms with E-state index >= 15 is 0 Å². The van der Waals surface area contributed by atoms with Crippen molar-refractivity contribution in [3.05, 3.63) is 33.8 Å². The molecule has 1 aromatic carbocycles. The van der Waals surface area contributed by atoms with E-state index < -0.39 is 0 Å². The van der Waals surface area contributed by atoms with E-state index in [4.69, 9.17) is 0 Å². The van der Waals surface area contributed by atoms with Crippen molar-refractivity contribution in [1.29, 1.82) is 0 Å². The second-order valence-electron chi connectivity index (χ2n) is 2.44. The van der Waals surface area contributed by atoms with Gasteiger partial charge in [0, 0.05) is 10.9 Å². The summed E-state index contributed by atoms with van der Waals surface area (Å²) in [6, 6.07) is 5.93. The van der Waals surface area contributed by atoms with Crippen molar-refractivity contribution in [2.75, 3.05) is 0 Å². The monoisotopic (exact) mass is 238 g/mol. The second kappa shape index (κ2) is 6.45. The third-order valence-electron chi connectivity index (χ3n) is 1.61. The van der Waals surface area contributed by atoms with Gasteiger partial charge in [-0.15, -0.1) is 12.8 Å². The molecule has 2 heteroatoms. The fourth-order valence-electron chi connectivity index (χ4n) is 0.978. The molecule has 0 aliphatic carbocycles. The van der Waals surface area contributed by atoms with Gasteiger partial charge in [-0.25, -0.2) is 0 Å². The zero-order chi connectivity index (χ0) is 10.3. The fraction of sp³-hybridized carbons (Fsp3) is 0.182. The fourth-order valence-corrected chi connectivity index (χ4v) is 1.45. The Balaban J connectivity index is 0.000000671. The maximum atomic E-state index is 10.2. The molecule has 0 saturated heterocycles. The molecule has 0 amide bonds. The largest absolute Gasteiger partial charge is 0.303 e. The highest BCUT2D eigenvalue weighted by molar-refractivity contribution is 9.10. The zero-order valence-electron chi connectivity index (χ0n) is 7.46. The second-order valence-corrected chi connectivity index (χ2v) is 3.36. The van der Waals surface area contributed by atoms with Gasteiger partial charge in [0.2, 0.25) is 0 Å². The van der Waals surface area contributed by atoms with Gasteiger partial charge in [0.15, 0.2) is 0 Å². The summed E-state index contributed by atoms with van der Waals surface area (Å²) >= 11 is 3.36. The molecule has 13 heavy (non-hydrogen) atoms. The molecule has 0 N–H and O–H groups in total. The lowest BCUT2D eigenvalue weighted by molar-refractivity contribution is -0.107. The van der Waals surface area contributed by atoms with Gasteiger partial charge >= 0.3 is 0 Å². The van der Waals surface area contributed by atoms with E-state index in [1.165, 1.54) is 0 Å². The van der Waals surface area contributed by atoms with Crippen molar-refractivity contribution < 1.29 is 4.79 Å². The Bertz CT molecular complexity index is 302. The van der Waals surface area contributed by atoms with E-state index in [-0.39, 0.29) is 0 Å². The number of halogens is 1. The zero-order valence-corrected chi connectivity index (χ0v) is 9.04. The molecule has 0 saturated carbocycles. The van der Waals surface area contributed by atoms with Crippen LogP contribution in [0.15, 0.2) is 22.7 Å². The van der Waals surface area contributed by atoms with Crippen LogP contribution in [0.3, 0.4) is 0 Å². The standard InChI is InChI=1S/C9H9BrO.C2H2/c1-7-6-9(10)3-2-8(7)4-5-11;1-2/h2-3,5-6H,4H2,1H3;1-2H. The van der Waals surface area contributed by atoms with Gasteiger partial charge < -0.3 is 4.79 Å². The Kier molecular flexibility index (Phi) is 5.92. The lowest BCUT2D eigenvalue weighted by atomic mass is 10.1. The van der Waals surface area contributed by atoms with Gasteiger partial charge in [0.1, 0.15) is 6.29 Å². The highest BCUT2D eigenvalue weighted by Crippen LogP contribution is 2.15. The quantitative estimate of drug-likeness (QED) is 0.572. The molecule has 0 aliphatic rings. The molecule has 0 aromatic heterocycles. The lowest BCUT2D eigenvalue weighted by Crippen LogP contribution is -1.89. The van der Waals surface area contributed by atoms with Gasteiger partial charge in [-0.3, -0.25) is 0 Å². The molecule has 0 unspecified atom stereocenters. The van der Waals surface area contributed by atoms with E-state index in [1.807, 2.05) is 25.1 Å². The molecular weight excluding hydrogens is 228 g/mol. The van der Waals surface area contributed by atoms with Crippen LogP contribution in [0.1, 0.15) is 11.1 Å². The van der Waals surface area contributed by atoms with Crippen LogP contribution in [0.25, 0.3) is 0 Å². The number of aryl methyl sites for hydroxylation is 1. The molecular formula is C11H11BrO.